The van der Waals surface area contributed by atoms with Gasteiger partial charge in [0.05, 0.1) is 10.5 Å². The van der Waals surface area contributed by atoms with Crippen molar-refractivity contribution in [2.75, 3.05) is 6.54 Å². The lowest BCUT2D eigenvalue weighted by Crippen LogP contribution is -2.44. The summed E-state index contributed by atoms with van der Waals surface area (Å²) in [6, 6.07) is 0. The first-order chi connectivity index (χ1) is 10.6. The van der Waals surface area contributed by atoms with E-state index in [0.29, 0.717) is 12.2 Å². The first-order valence-corrected chi connectivity index (χ1v) is 9.28. The van der Waals surface area contributed by atoms with Gasteiger partial charge in [-0.1, -0.05) is 12.8 Å². The van der Waals surface area contributed by atoms with Crippen molar-refractivity contribution in [3.63, 3.8) is 0 Å². The van der Waals surface area contributed by atoms with Crippen molar-refractivity contribution < 1.29 is 4.79 Å². The highest BCUT2D eigenvalue weighted by molar-refractivity contribution is 7.10. The van der Waals surface area contributed by atoms with Crippen LogP contribution < -0.4 is 11.1 Å². The Balaban J connectivity index is 1.80. The van der Waals surface area contributed by atoms with Gasteiger partial charge in [0, 0.05) is 22.9 Å². The van der Waals surface area contributed by atoms with E-state index in [1.54, 1.807) is 11.3 Å². The molecule has 7 heteroatoms. The summed E-state index contributed by atoms with van der Waals surface area (Å²) >= 11 is 3.13. The summed E-state index contributed by atoms with van der Waals surface area (Å²) in [6.07, 6.45) is 4.86. The molecule has 5 nitrogen and oxygen atoms in total. The standard InChI is InChI=1S/C15H20N4OS2/c1-10-8-22-14(17-10)15(5-2-3-6-15)19-13(20)11-9-21-12(18-11)4-7-16/h8-9H,2-7,16H2,1H3,(H,19,20). The van der Waals surface area contributed by atoms with E-state index in [1.165, 1.54) is 11.3 Å². The van der Waals surface area contributed by atoms with Gasteiger partial charge in [-0.2, -0.15) is 0 Å². The minimum absolute atomic E-state index is 0.103. The number of carbonyl (C=O) groups excluding carboxylic acids is 1. The Labute approximate surface area is 138 Å². The molecule has 0 spiro atoms. The number of amides is 1. The predicted octanol–water partition coefficient (Wildman–Crippen LogP) is 2.61. The van der Waals surface area contributed by atoms with Gasteiger partial charge in [0.15, 0.2) is 0 Å². The number of aromatic nitrogens is 2. The second-order valence-electron chi connectivity index (χ2n) is 5.70. The SMILES string of the molecule is Cc1csc(C2(NC(=O)c3csc(CCN)n3)CCCC2)n1. The van der Waals surface area contributed by atoms with Crippen molar-refractivity contribution in [1.29, 1.82) is 0 Å². The summed E-state index contributed by atoms with van der Waals surface area (Å²) in [7, 11) is 0. The summed E-state index contributed by atoms with van der Waals surface area (Å²) < 4.78 is 0. The van der Waals surface area contributed by atoms with E-state index >= 15 is 0 Å². The molecule has 1 amide bonds. The van der Waals surface area contributed by atoms with Crippen molar-refractivity contribution >= 4 is 28.6 Å². The highest BCUT2D eigenvalue weighted by Crippen LogP contribution is 2.40. The number of nitrogens with zero attached hydrogens (tertiary/aromatic N) is 2. The van der Waals surface area contributed by atoms with Crippen LogP contribution in [-0.2, 0) is 12.0 Å². The first-order valence-electron chi connectivity index (χ1n) is 7.52. The lowest BCUT2D eigenvalue weighted by atomic mass is 9.98. The second-order valence-corrected chi connectivity index (χ2v) is 7.50. The molecule has 2 heterocycles. The minimum Gasteiger partial charge on any atom is -0.339 e. The highest BCUT2D eigenvalue weighted by atomic mass is 32.1. The van der Waals surface area contributed by atoms with Crippen molar-refractivity contribution in [3.8, 4) is 0 Å². The molecule has 1 aliphatic carbocycles. The van der Waals surface area contributed by atoms with Crippen LogP contribution in [0, 0.1) is 6.92 Å². The van der Waals surface area contributed by atoms with Crippen LogP contribution in [0.15, 0.2) is 10.8 Å². The van der Waals surface area contributed by atoms with Crippen LogP contribution in [0.4, 0.5) is 0 Å². The van der Waals surface area contributed by atoms with E-state index in [4.69, 9.17) is 5.73 Å². The minimum atomic E-state index is -0.312. The average Bonchev–Trinajstić information content (AvgIpc) is 3.20. The normalized spacial score (nSPS) is 16.8. The lowest BCUT2D eigenvalue weighted by Gasteiger charge is -2.27. The molecule has 0 unspecified atom stereocenters. The Morgan fingerprint density at radius 1 is 1.32 bits per heavy atom. The van der Waals surface area contributed by atoms with Crippen LogP contribution >= 0.6 is 22.7 Å². The monoisotopic (exact) mass is 336 g/mol. The number of aryl methyl sites for hydroxylation is 1. The van der Waals surface area contributed by atoms with E-state index in [0.717, 1.165) is 47.8 Å². The van der Waals surface area contributed by atoms with E-state index in [2.05, 4.69) is 15.3 Å². The molecule has 118 valence electrons. The van der Waals surface area contributed by atoms with E-state index in [-0.39, 0.29) is 11.4 Å². The Kier molecular flexibility index (Phi) is 4.56. The van der Waals surface area contributed by atoms with Gasteiger partial charge in [-0.15, -0.1) is 22.7 Å². The highest BCUT2D eigenvalue weighted by Gasteiger charge is 2.40. The summed E-state index contributed by atoms with van der Waals surface area (Å²) in [6.45, 7) is 2.54. The van der Waals surface area contributed by atoms with Crippen LogP contribution in [0.3, 0.4) is 0 Å². The maximum Gasteiger partial charge on any atom is 0.271 e. The predicted molar refractivity (Wildman–Crippen MR) is 89.3 cm³/mol. The molecule has 0 aliphatic heterocycles. The molecule has 3 rings (SSSR count). The maximum atomic E-state index is 12.6. The maximum absolute atomic E-state index is 12.6. The van der Waals surface area contributed by atoms with Gasteiger partial charge in [0.1, 0.15) is 10.7 Å². The van der Waals surface area contributed by atoms with Crippen molar-refractivity contribution in [2.45, 2.75) is 44.6 Å². The molecule has 3 N–H and O–H groups in total. The molecule has 0 radical (unpaired) electrons. The largest absolute Gasteiger partial charge is 0.339 e. The van der Waals surface area contributed by atoms with Crippen molar-refractivity contribution in [1.82, 2.24) is 15.3 Å². The fourth-order valence-corrected chi connectivity index (χ4v) is 4.69. The van der Waals surface area contributed by atoms with Gasteiger partial charge >= 0.3 is 0 Å². The molecule has 1 fully saturated rings. The van der Waals surface area contributed by atoms with Gasteiger partial charge in [-0.05, 0) is 26.3 Å². The first kappa shape index (κ1) is 15.6. The smallest absolute Gasteiger partial charge is 0.271 e. The number of nitrogens with one attached hydrogen (secondary N) is 1. The van der Waals surface area contributed by atoms with Gasteiger partial charge < -0.3 is 11.1 Å². The zero-order chi connectivity index (χ0) is 15.6. The zero-order valence-corrected chi connectivity index (χ0v) is 14.2. The number of nitrogens with two attached hydrogens (primary N) is 1. The van der Waals surface area contributed by atoms with Crippen LogP contribution in [0.2, 0.25) is 0 Å². The Bertz CT molecular complexity index is 658. The fourth-order valence-electron chi connectivity index (χ4n) is 2.88. The zero-order valence-electron chi connectivity index (χ0n) is 12.6. The van der Waals surface area contributed by atoms with E-state index < -0.39 is 0 Å². The number of carbonyl (C=O) groups is 1. The van der Waals surface area contributed by atoms with Crippen LogP contribution in [0.25, 0.3) is 0 Å². The number of thiazole rings is 2. The molecule has 1 aliphatic rings. The molecular formula is C15H20N4OS2. The van der Waals surface area contributed by atoms with Gasteiger partial charge in [-0.25, -0.2) is 9.97 Å². The number of rotatable bonds is 5. The third kappa shape index (κ3) is 3.06. The third-order valence-corrected chi connectivity index (χ3v) is 6.05. The molecule has 2 aromatic rings. The molecule has 0 bridgehead atoms. The summed E-state index contributed by atoms with van der Waals surface area (Å²) in [5.74, 6) is -0.103. The average molecular weight is 336 g/mol. The Morgan fingerprint density at radius 3 is 2.73 bits per heavy atom. The summed E-state index contributed by atoms with van der Waals surface area (Å²) in [5.41, 5.74) is 6.73. The molecular weight excluding hydrogens is 316 g/mol. The fraction of sp³-hybridized carbons (Fsp3) is 0.533. The van der Waals surface area contributed by atoms with Crippen LogP contribution in [0.5, 0.6) is 0 Å². The Hall–Kier alpha value is -1.31. The molecule has 22 heavy (non-hydrogen) atoms. The van der Waals surface area contributed by atoms with Gasteiger partial charge in [-0.3, -0.25) is 4.79 Å². The van der Waals surface area contributed by atoms with Gasteiger partial charge in [0.25, 0.3) is 5.91 Å². The van der Waals surface area contributed by atoms with Crippen molar-refractivity contribution in [3.05, 3.63) is 32.2 Å². The molecule has 1 saturated carbocycles. The summed E-state index contributed by atoms with van der Waals surface area (Å²) in [4.78, 5) is 21.6. The molecule has 0 atom stereocenters. The number of hydrogen-bond acceptors (Lipinski definition) is 6. The van der Waals surface area contributed by atoms with E-state index in [9.17, 15) is 4.79 Å². The molecule has 0 aromatic carbocycles. The van der Waals surface area contributed by atoms with Crippen LogP contribution in [-0.4, -0.2) is 22.4 Å². The van der Waals surface area contributed by atoms with Gasteiger partial charge in [0.2, 0.25) is 0 Å². The molecule has 2 aromatic heterocycles. The Morgan fingerprint density at radius 2 is 2.09 bits per heavy atom. The summed E-state index contributed by atoms with van der Waals surface area (Å²) in [5, 5.41) is 9.01. The van der Waals surface area contributed by atoms with Crippen molar-refractivity contribution in [2.24, 2.45) is 5.73 Å². The molecule has 0 saturated heterocycles. The topological polar surface area (TPSA) is 80.9 Å². The lowest BCUT2D eigenvalue weighted by molar-refractivity contribution is 0.0893. The second kappa shape index (κ2) is 6.44. The van der Waals surface area contributed by atoms with Crippen LogP contribution in [0.1, 0.15) is 51.9 Å². The third-order valence-electron chi connectivity index (χ3n) is 3.98. The quantitative estimate of drug-likeness (QED) is 0.879. The van der Waals surface area contributed by atoms with E-state index in [1.807, 2.05) is 17.7 Å². The number of hydrogen-bond donors (Lipinski definition) is 2.